The van der Waals surface area contributed by atoms with E-state index in [0.29, 0.717) is 24.2 Å². The number of rotatable bonds is 4. The second-order valence-corrected chi connectivity index (χ2v) is 10.4. The first-order chi connectivity index (χ1) is 15.8. The molecule has 1 aromatic heterocycles. The third-order valence-corrected chi connectivity index (χ3v) is 8.26. The van der Waals surface area contributed by atoms with Crippen molar-refractivity contribution >= 4 is 21.5 Å². The van der Waals surface area contributed by atoms with Crippen molar-refractivity contribution in [3.8, 4) is 22.3 Å². The van der Waals surface area contributed by atoms with E-state index in [2.05, 4.69) is 16.9 Å². The van der Waals surface area contributed by atoms with Crippen molar-refractivity contribution < 1.29 is 12.8 Å². The summed E-state index contributed by atoms with van der Waals surface area (Å²) in [5.74, 6) is -0.584. The van der Waals surface area contributed by atoms with E-state index in [4.69, 9.17) is 5.73 Å². The molecule has 0 saturated carbocycles. The molecule has 3 heterocycles. The minimum absolute atomic E-state index is 0.109. The van der Waals surface area contributed by atoms with E-state index in [1.54, 1.807) is 18.2 Å². The van der Waals surface area contributed by atoms with Gasteiger partial charge in [-0.15, -0.1) is 0 Å². The highest BCUT2D eigenvalue weighted by atomic mass is 32.2. The average Bonchev–Trinajstić information content (AvgIpc) is 3.35. The Balaban J connectivity index is 1.51. The Bertz CT molecular complexity index is 1350. The van der Waals surface area contributed by atoms with Crippen LogP contribution in [0, 0.1) is 5.95 Å². The van der Waals surface area contributed by atoms with Crippen LogP contribution in [0.1, 0.15) is 24.0 Å². The van der Waals surface area contributed by atoms with Gasteiger partial charge in [0.2, 0.25) is 16.0 Å². The number of sulfonamides is 1. The zero-order valence-electron chi connectivity index (χ0n) is 18.1. The molecular formula is C25H25FN4O2S. The van der Waals surface area contributed by atoms with Gasteiger partial charge in [0.15, 0.2) is 0 Å². The monoisotopic (exact) mass is 464 g/mol. The van der Waals surface area contributed by atoms with Crippen molar-refractivity contribution in [2.75, 3.05) is 25.4 Å². The highest BCUT2D eigenvalue weighted by molar-refractivity contribution is 7.89. The van der Waals surface area contributed by atoms with Crippen LogP contribution in [0.5, 0.6) is 0 Å². The molecule has 170 valence electrons. The number of anilines is 1. The molecule has 2 aliphatic rings. The van der Waals surface area contributed by atoms with E-state index < -0.39 is 16.0 Å². The number of hydrogen-bond donors (Lipinski definition) is 2. The van der Waals surface area contributed by atoms with Crippen LogP contribution in [0.3, 0.4) is 0 Å². The van der Waals surface area contributed by atoms with Gasteiger partial charge in [-0.2, -0.15) is 8.70 Å². The van der Waals surface area contributed by atoms with Crippen molar-refractivity contribution in [3.05, 3.63) is 72.2 Å². The molecule has 33 heavy (non-hydrogen) atoms. The molecule has 5 rings (SSSR count). The van der Waals surface area contributed by atoms with E-state index in [0.717, 1.165) is 48.2 Å². The number of hydrogen-bond acceptors (Lipinski definition) is 5. The second kappa shape index (κ2) is 8.28. The number of benzene rings is 2. The van der Waals surface area contributed by atoms with Gasteiger partial charge >= 0.3 is 0 Å². The summed E-state index contributed by atoms with van der Waals surface area (Å²) in [5.41, 5.74) is 11.5. The maximum absolute atomic E-state index is 14.8. The Hall–Kier alpha value is -3.23. The molecular weight excluding hydrogens is 439 g/mol. The zero-order valence-corrected chi connectivity index (χ0v) is 19.0. The smallest absolute Gasteiger partial charge is 0.243 e. The van der Waals surface area contributed by atoms with Crippen molar-refractivity contribution in [1.82, 2.24) is 14.6 Å². The van der Waals surface area contributed by atoms with Crippen LogP contribution in [0.15, 0.2) is 60.0 Å². The van der Waals surface area contributed by atoms with Gasteiger partial charge in [-0.1, -0.05) is 36.9 Å². The first-order valence-electron chi connectivity index (χ1n) is 11.0. The lowest BCUT2D eigenvalue weighted by Gasteiger charge is -2.21. The lowest BCUT2D eigenvalue weighted by molar-refractivity contribution is 0.477. The Morgan fingerprint density at radius 1 is 0.970 bits per heavy atom. The van der Waals surface area contributed by atoms with E-state index in [1.807, 2.05) is 18.2 Å². The van der Waals surface area contributed by atoms with E-state index >= 15 is 0 Å². The fourth-order valence-electron chi connectivity index (χ4n) is 4.53. The summed E-state index contributed by atoms with van der Waals surface area (Å²) >= 11 is 0. The quantitative estimate of drug-likeness (QED) is 0.569. The molecule has 0 radical (unpaired) electrons. The van der Waals surface area contributed by atoms with E-state index in [-0.39, 0.29) is 16.3 Å². The van der Waals surface area contributed by atoms with Gasteiger partial charge in [0.1, 0.15) is 5.82 Å². The third kappa shape index (κ3) is 3.89. The summed E-state index contributed by atoms with van der Waals surface area (Å²) in [7, 11) is -3.53. The fourth-order valence-corrected chi connectivity index (χ4v) is 6.04. The van der Waals surface area contributed by atoms with Crippen LogP contribution < -0.4 is 11.1 Å². The fraction of sp³-hybridized carbons (Fsp3) is 0.240. The van der Waals surface area contributed by atoms with Gasteiger partial charge in [0.05, 0.1) is 4.90 Å². The highest BCUT2D eigenvalue weighted by Gasteiger charge is 2.27. The second-order valence-electron chi connectivity index (χ2n) is 8.42. The van der Waals surface area contributed by atoms with Crippen molar-refractivity contribution in [3.63, 3.8) is 0 Å². The number of halogens is 1. The minimum Gasteiger partial charge on any atom is -0.385 e. The number of nitrogens with zero attached hydrogens (tertiary/aromatic N) is 2. The van der Waals surface area contributed by atoms with Crippen LogP contribution in [0.25, 0.3) is 28.0 Å². The molecule has 2 aliphatic heterocycles. The van der Waals surface area contributed by atoms with Gasteiger partial charge < -0.3 is 11.1 Å². The predicted molar refractivity (Wildman–Crippen MR) is 128 cm³/mol. The molecule has 0 aliphatic carbocycles. The molecule has 2 aromatic carbocycles. The van der Waals surface area contributed by atoms with Crippen molar-refractivity contribution in [1.29, 1.82) is 0 Å². The first kappa shape index (κ1) is 21.6. The minimum atomic E-state index is -3.53. The van der Waals surface area contributed by atoms with Crippen LogP contribution in [0.2, 0.25) is 0 Å². The summed E-state index contributed by atoms with van der Waals surface area (Å²) in [6, 6.07) is 13.9. The summed E-state index contributed by atoms with van der Waals surface area (Å²) in [6.45, 7) is 5.93. The van der Waals surface area contributed by atoms with Gasteiger partial charge in [-0.25, -0.2) is 13.4 Å². The van der Waals surface area contributed by atoms with Crippen LogP contribution in [0.4, 0.5) is 10.2 Å². The Morgan fingerprint density at radius 2 is 1.67 bits per heavy atom. The zero-order chi connectivity index (χ0) is 23.2. The summed E-state index contributed by atoms with van der Waals surface area (Å²) < 4.78 is 41.9. The van der Waals surface area contributed by atoms with Gasteiger partial charge in [0.25, 0.3) is 0 Å². The van der Waals surface area contributed by atoms with Gasteiger partial charge in [0, 0.05) is 42.0 Å². The standard InChI is InChI=1S/C25H25FN4O2S/c1-16-21-9-6-18(14-19(21)10-11-28-16)23-15-22(24(26)29-25(23)27)17-4-7-20(8-5-17)33(31,32)30-12-2-3-13-30/h4-9,14-15,28H,1-3,10-13H2,(H2,27,29). The Labute approximate surface area is 193 Å². The molecule has 0 atom stereocenters. The maximum atomic E-state index is 14.8. The summed E-state index contributed by atoms with van der Waals surface area (Å²) in [4.78, 5) is 4.15. The van der Waals surface area contributed by atoms with Crippen LogP contribution in [-0.4, -0.2) is 37.3 Å². The number of pyridine rings is 1. The number of nitrogen functional groups attached to an aromatic ring is 1. The largest absolute Gasteiger partial charge is 0.385 e. The molecule has 0 bridgehead atoms. The summed E-state index contributed by atoms with van der Waals surface area (Å²) in [5, 5.41) is 3.25. The lowest BCUT2D eigenvalue weighted by Crippen LogP contribution is -2.27. The SMILES string of the molecule is C=C1NCCc2cc(-c3cc(-c4ccc(S(=O)(=O)N5CCCC5)cc4)c(F)nc3N)ccc21. The van der Waals surface area contributed by atoms with E-state index in [1.165, 1.54) is 16.4 Å². The van der Waals surface area contributed by atoms with E-state index in [9.17, 15) is 12.8 Å². The molecule has 0 amide bonds. The molecule has 6 nitrogen and oxygen atoms in total. The Morgan fingerprint density at radius 3 is 2.39 bits per heavy atom. The first-order valence-corrected chi connectivity index (χ1v) is 12.4. The number of nitrogens with two attached hydrogens (primary N) is 1. The molecule has 3 N–H and O–H groups in total. The topological polar surface area (TPSA) is 88.3 Å². The van der Waals surface area contributed by atoms with Gasteiger partial charge in [-0.05, 0) is 54.2 Å². The molecule has 8 heteroatoms. The van der Waals surface area contributed by atoms with Crippen LogP contribution >= 0.6 is 0 Å². The van der Waals surface area contributed by atoms with Crippen molar-refractivity contribution in [2.45, 2.75) is 24.2 Å². The highest BCUT2D eigenvalue weighted by Crippen LogP contribution is 2.34. The van der Waals surface area contributed by atoms with Gasteiger partial charge in [-0.3, -0.25) is 0 Å². The molecule has 0 spiro atoms. The number of nitrogens with one attached hydrogen (secondary N) is 1. The predicted octanol–water partition coefficient (Wildman–Crippen LogP) is 4.04. The lowest BCUT2D eigenvalue weighted by atomic mass is 9.93. The summed E-state index contributed by atoms with van der Waals surface area (Å²) in [6.07, 6.45) is 2.60. The number of aromatic nitrogens is 1. The molecule has 1 saturated heterocycles. The normalized spacial score (nSPS) is 16.5. The molecule has 3 aromatic rings. The molecule has 1 fully saturated rings. The average molecular weight is 465 g/mol. The third-order valence-electron chi connectivity index (χ3n) is 6.35. The Kier molecular flexibility index (Phi) is 5.42. The number of fused-ring (bicyclic) bond motifs is 1. The molecule has 0 unspecified atom stereocenters. The van der Waals surface area contributed by atoms with Crippen LogP contribution in [-0.2, 0) is 16.4 Å². The maximum Gasteiger partial charge on any atom is 0.243 e. The van der Waals surface area contributed by atoms with Crippen molar-refractivity contribution in [2.24, 2.45) is 0 Å².